The Hall–Kier alpha value is -1.43. The molecule has 1 fully saturated rings. The van der Waals surface area contributed by atoms with Crippen molar-refractivity contribution in [3.05, 3.63) is 28.2 Å². The Morgan fingerprint density at radius 2 is 2.08 bits per heavy atom. The summed E-state index contributed by atoms with van der Waals surface area (Å²) in [6.07, 6.45) is 4.80. The van der Waals surface area contributed by atoms with Crippen molar-refractivity contribution in [1.82, 2.24) is 9.47 Å². The van der Waals surface area contributed by atoms with Gasteiger partial charge in [0.1, 0.15) is 5.75 Å². The number of ether oxygens (including phenoxy) is 1. The Morgan fingerprint density at radius 1 is 1.38 bits per heavy atom. The SMILES string of the molecule is COc1cc(=O)n(C)cc1C(=O)N1CCCC[C@@H]1CSC(C)(C)C. The third-order valence-corrected chi connectivity index (χ3v) is 5.65. The topological polar surface area (TPSA) is 51.5 Å². The first-order chi connectivity index (χ1) is 11.2. The predicted octanol–water partition coefficient (Wildman–Crippen LogP) is 2.92. The molecule has 1 aliphatic heterocycles. The fourth-order valence-electron chi connectivity index (χ4n) is 2.88. The van der Waals surface area contributed by atoms with Gasteiger partial charge in [0.25, 0.3) is 11.5 Å². The van der Waals surface area contributed by atoms with E-state index in [-0.39, 0.29) is 22.3 Å². The van der Waals surface area contributed by atoms with E-state index in [1.165, 1.54) is 17.7 Å². The van der Waals surface area contributed by atoms with Gasteiger partial charge in [-0.3, -0.25) is 9.59 Å². The van der Waals surface area contributed by atoms with Crippen molar-refractivity contribution in [3.63, 3.8) is 0 Å². The second-order valence-corrected chi connectivity index (χ2v) is 9.12. The summed E-state index contributed by atoms with van der Waals surface area (Å²) < 4.78 is 6.89. The van der Waals surface area contributed by atoms with E-state index >= 15 is 0 Å². The third kappa shape index (κ3) is 4.56. The van der Waals surface area contributed by atoms with E-state index in [1.807, 2.05) is 16.7 Å². The molecule has 134 valence electrons. The standard InChI is InChI=1S/C18H28N2O3S/c1-18(2,3)24-12-13-8-6-7-9-20(13)17(22)14-11-19(4)16(21)10-15(14)23-5/h10-11,13H,6-9,12H2,1-5H3/t13-/m1/s1. The van der Waals surface area contributed by atoms with Gasteiger partial charge in [-0.2, -0.15) is 11.8 Å². The smallest absolute Gasteiger partial charge is 0.259 e. The van der Waals surface area contributed by atoms with Gasteiger partial charge in [0, 0.05) is 42.4 Å². The summed E-state index contributed by atoms with van der Waals surface area (Å²) in [6, 6.07) is 1.62. The minimum atomic E-state index is -0.179. The van der Waals surface area contributed by atoms with E-state index in [4.69, 9.17) is 4.74 Å². The molecule has 0 unspecified atom stereocenters. The molecular weight excluding hydrogens is 324 g/mol. The number of piperidine rings is 1. The van der Waals surface area contributed by atoms with Gasteiger partial charge >= 0.3 is 0 Å². The first-order valence-corrected chi connectivity index (χ1v) is 9.41. The van der Waals surface area contributed by atoms with Gasteiger partial charge in [0.2, 0.25) is 0 Å². The lowest BCUT2D eigenvalue weighted by Crippen LogP contribution is -2.46. The second-order valence-electron chi connectivity index (χ2n) is 7.28. The fraction of sp³-hybridized carbons (Fsp3) is 0.667. The molecule has 24 heavy (non-hydrogen) atoms. The maximum absolute atomic E-state index is 13.1. The van der Waals surface area contributed by atoms with Crippen LogP contribution in [0, 0.1) is 0 Å². The Labute approximate surface area is 148 Å². The van der Waals surface area contributed by atoms with Gasteiger partial charge in [0.05, 0.1) is 12.7 Å². The molecule has 0 spiro atoms. The average Bonchev–Trinajstić information content (AvgIpc) is 2.54. The molecule has 0 saturated carbocycles. The molecule has 5 nitrogen and oxygen atoms in total. The number of carbonyl (C=O) groups is 1. The molecule has 0 aliphatic carbocycles. The molecule has 2 rings (SSSR count). The maximum Gasteiger partial charge on any atom is 0.259 e. The van der Waals surface area contributed by atoms with Gasteiger partial charge < -0.3 is 14.2 Å². The van der Waals surface area contributed by atoms with Crippen molar-refractivity contribution in [1.29, 1.82) is 0 Å². The van der Waals surface area contributed by atoms with Crippen LogP contribution in [0.25, 0.3) is 0 Å². The number of carbonyl (C=O) groups excluding carboxylic acids is 1. The molecule has 0 radical (unpaired) electrons. The number of thioether (sulfide) groups is 1. The highest BCUT2D eigenvalue weighted by atomic mass is 32.2. The van der Waals surface area contributed by atoms with Crippen molar-refractivity contribution in [2.75, 3.05) is 19.4 Å². The highest BCUT2D eigenvalue weighted by Crippen LogP contribution is 2.30. The van der Waals surface area contributed by atoms with Crippen molar-refractivity contribution in [3.8, 4) is 5.75 Å². The zero-order chi connectivity index (χ0) is 17.9. The van der Waals surface area contributed by atoms with Gasteiger partial charge in [-0.25, -0.2) is 0 Å². The first-order valence-electron chi connectivity index (χ1n) is 8.42. The van der Waals surface area contributed by atoms with E-state index in [2.05, 4.69) is 20.8 Å². The van der Waals surface area contributed by atoms with Crippen LogP contribution in [0.3, 0.4) is 0 Å². The molecule has 0 aromatic carbocycles. The maximum atomic E-state index is 13.1. The summed E-state index contributed by atoms with van der Waals surface area (Å²) in [5.41, 5.74) is 0.286. The summed E-state index contributed by atoms with van der Waals surface area (Å²) in [7, 11) is 3.15. The highest BCUT2D eigenvalue weighted by Gasteiger charge is 2.30. The van der Waals surface area contributed by atoms with Gasteiger partial charge in [0.15, 0.2) is 0 Å². The van der Waals surface area contributed by atoms with Crippen molar-refractivity contribution >= 4 is 17.7 Å². The quantitative estimate of drug-likeness (QED) is 0.836. The Balaban J connectivity index is 2.25. The fourth-order valence-corrected chi connectivity index (χ4v) is 3.92. The van der Waals surface area contributed by atoms with Crippen LogP contribution in [0.15, 0.2) is 17.1 Å². The number of methoxy groups -OCH3 is 1. The molecule has 0 N–H and O–H groups in total. The number of hydrogen-bond donors (Lipinski definition) is 0. The molecule has 1 aliphatic rings. The normalized spacial score (nSPS) is 18.5. The number of rotatable bonds is 4. The van der Waals surface area contributed by atoms with Gasteiger partial charge in [-0.05, 0) is 19.3 Å². The molecule has 2 heterocycles. The lowest BCUT2D eigenvalue weighted by atomic mass is 10.0. The lowest BCUT2D eigenvalue weighted by molar-refractivity contribution is 0.0636. The number of aryl methyl sites for hydroxylation is 1. The Kier molecular flexibility index (Phi) is 6.01. The molecule has 1 atom stereocenters. The van der Waals surface area contributed by atoms with E-state index in [1.54, 1.807) is 13.2 Å². The van der Waals surface area contributed by atoms with Crippen molar-refractivity contribution < 1.29 is 9.53 Å². The molecule has 1 saturated heterocycles. The molecule has 0 bridgehead atoms. The van der Waals surface area contributed by atoms with Gasteiger partial charge in [-0.1, -0.05) is 20.8 Å². The van der Waals surface area contributed by atoms with E-state index in [9.17, 15) is 9.59 Å². The summed E-state index contributed by atoms with van der Waals surface area (Å²) in [5.74, 6) is 1.25. The first kappa shape index (κ1) is 18.9. The van der Waals surface area contributed by atoms with Crippen molar-refractivity contribution in [2.45, 2.75) is 50.8 Å². The number of nitrogens with zero attached hydrogens (tertiary/aromatic N) is 2. The zero-order valence-corrected chi connectivity index (χ0v) is 16.1. The Bertz CT molecular complexity index is 649. The summed E-state index contributed by atoms with van der Waals surface area (Å²) in [4.78, 5) is 26.8. The van der Waals surface area contributed by atoms with Crippen LogP contribution < -0.4 is 10.3 Å². The second kappa shape index (κ2) is 7.64. The lowest BCUT2D eigenvalue weighted by Gasteiger charge is -2.37. The molecule has 6 heteroatoms. The monoisotopic (exact) mass is 352 g/mol. The number of pyridine rings is 1. The summed E-state index contributed by atoms with van der Waals surface area (Å²) in [5, 5.41) is 0. The van der Waals surface area contributed by atoms with E-state index < -0.39 is 0 Å². The third-order valence-electron chi connectivity index (χ3n) is 4.24. The molecular formula is C18H28N2O3S. The highest BCUT2D eigenvalue weighted by molar-refractivity contribution is 8.00. The van der Waals surface area contributed by atoms with Crippen LogP contribution >= 0.6 is 11.8 Å². The van der Waals surface area contributed by atoms with Crippen LogP contribution in [0.1, 0.15) is 50.4 Å². The predicted molar refractivity (Wildman–Crippen MR) is 99.1 cm³/mol. The minimum Gasteiger partial charge on any atom is -0.496 e. The molecule has 1 aromatic heterocycles. The van der Waals surface area contributed by atoms with Crippen LogP contribution in [-0.4, -0.2) is 45.6 Å². The van der Waals surface area contributed by atoms with E-state index in [0.29, 0.717) is 11.3 Å². The molecule has 1 aromatic rings. The summed E-state index contributed by atoms with van der Waals surface area (Å²) in [6.45, 7) is 7.36. The van der Waals surface area contributed by atoms with Crippen LogP contribution in [0.5, 0.6) is 5.75 Å². The summed E-state index contributed by atoms with van der Waals surface area (Å²) >= 11 is 1.89. The largest absolute Gasteiger partial charge is 0.496 e. The van der Waals surface area contributed by atoms with Gasteiger partial charge in [-0.15, -0.1) is 0 Å². The van der Waals surface area contributed by atoms with Crippen LogP contribution in [-0.2, 0) is 7.05 Å². The van der Waals surface area contributed by atoms with Crippen molar-refractivity contribution in [2.24, 2.45) is 7.05 Å². The van der Waals surface area contributed by atoms with E-state index in [0.717, 1.165) is 31.6 Å². The molecule has 1 amide bonds. The number of likely N-dealkylation sites (tertiary alicyclic amines) is 1. The minimum absolute atomic E-state index is 0.0401. The Morgan fingerprint density at radius 3 is 2.71 bits per heavy atom. The zero-order valence-electron chi connectivity index (χ0n) is 15.3. The number of aromatic nitrogens is 1. The van der Waals surface area contributed by atoms with Crippen LogP contribution in [0.2, 0.25) is 0 Å². The average molecular weight is 353 g/mol. The number of amides is 1. The number of hydrogen-bond acceptors (Lipinski definition) is 4. The van der Waals surface area contributed by atoms with Crippen LogP contribution in [0.4, 0.5) is 0 Å².